The number of nitrogen functional groups attached to an aromatic ring is 1. The summed E-state index contributed by atoms with van der Waals surface area (Å²) in [5, 5.41) is 15.2. The number of aliphatic hydroxyl groups is 1. The fourth-order valence-corrected chi connectivity index (χ4v) is 4.52. The van der Waals surface area contributed by atoms with Crippen molar-refractivity contribution in [2.75, 3.05) is 38.6 Å². The summed E-state index contributed by atoms with van der Waals surface area (Å²) >= 11 is 0. The highest BCUT2D eigenvalue weighted by Gasteiger charge is 2.54. The first-order chi connectivity index (χ1) is 18.0. The molecule has 0 amide bonds. The molecule has 16 nitrogen and oxygen atoms in total. The summed E-state index contributed by atoms with van der Waals surface area (Å²) in [6.07, 6.45) is 4.54. The molecule has 18 heteroatoms. The Hall–Kier alpha value is -3.97. The topological polar surface area (TPSA) is 222 Å². The van der Waals surface area contributed by atoms with Crippen molar-refractivity contribution in [3.05, 3.63) is 28.2 Å². The van der Waals surface area contributed by atoms with Crippen LogP contribution in [-0.2, 0) is 32.9 Å². The van der Waals surface area contributed by atoms with Crippen molar-refractivity contribution in [2.24, 2.45) is 0 Å². The van der Waals surface area contributed by atoms with Gasteiger partial charge < -0.3 is 25.1 Å². The number of esters is 2. The van der Waals surface area contributed by atoms with Gasteiger partial charge >= 0.3 is 19.6 Å². The first-order valence-corrected chi connectivity index (χ1v) is 12.6. The van der Waals surface area contributed by atoms with Gasteiger partial charge in [0.15, 0.2) is 22.7 Å². The number of aliphatic hydroxyl groups excluding tert-OH is 1. The number of terminal acetylenes is 1. The number of nitrogens with two attached hydrogens (primary N) is 1. The monoisotopic (exact) mass is 557 g/mol. The number of imidazole rings is 1. The Kier molecular flexibility index (Phi) is 8.74. The van der Waals surface area contributed by atoms with E-state index in [1.807, 2.05) is 0 Å². The molecule has 1 unspecified atom stereocenters. The van der Waals surface area contributed by atoms with Gasteiger partial charge in [0.1, 0.15) is 26.0 Å². The van der Waals surface area contributed by atoms with Crippen molar-refractivity contribution < 1.29 is 42.4 Å². The van der Waals surface area contributed by atoms with E-state index in [0.717, 1.165) is 10.9 Å². The van der Waals surface area contributed by atoms with E-state index in [4.69, 9.17) is 30.9 Å². The largest absolute Gasteiger partial charge is 0.505 e. The minimum Gasteiger partial charge on any atom is -0.505 e. The Morgan fingerprint density at radius 3 is 2.50 bits per heavy atom. The second kappa shape index (κ2) is 11.6. The van der Waals surface area contributed by atoms with Gasteiger partial charge in [0, 0.05) is 0 Å². The van der Waals surface area contributed by atoms with E-state index in [9.17, 15) is 24.1 Å². The lowest BCUT2D eigenvalue weighted by Gasteiger charge is -2.23. The number of nitrogens with one attached hydrogen (secondary N) is 3. The zero-order valence-corrected chi connectivity index (χ0v) is 21.1. The van der Waals surface area contributed by atoms with Crippen LogP contribution < -0.4 is 21.5 Å². The molecular weight excluding hydrogens is 532 g/mol. The summed E-state index contributed by atoms with van der Waals surface area (Å²) in [5.74, 6) is -1.74. The lowest BCUT2D eigenvalue weighted by molar-refractivity contribution is -0.142. The van der Waals surface area contributed by atoms with Crippen LogP contribution in [0, 0.1) is 12.3 Å². The van der Waals surface area contributed by atoms with Gasteiger partial charge in [-0.25, -0.2) is 19.5 Å². The average molecular weight is 557 g/mol. The number of H-pyrrole nitrogens is 1. The minimum atomic E-state index is -4.23. The SMILES string of the molecule is C#CC1(F)C(O)=C(COP(=O)(NCC(=O)OCC)NCC(=O)OCC)O[C@H]1n1cnc2c(=O)[nH]c(N)nc21. The predicted octanol–water partition coefficient (Wildman–Crippen LogP) is -0.228. The van der Waals surface area contributed by atoms with Gasteiger partial charge in [0.25, 0.3) is 11.2 Å². The average Bonchev–Trinajstić information content (AvgIpc) is 3.40. The molecule has 0 aliphatic carbocycles. The number of rotatable bonds is 12. The van der Waals surface area contributed by atoms with E-state index in [2.05, 4.69) is 25.1 Å². The van der Waals surface area contributed by atoms with Crippen LogP contribution in [0.4, 0.5) is 10.3 Å². The molecule has 3 heterocycles. The van der Waals surface area contributed by atoms with Crippen LogP contribution in [0.3, 0.4) is 0 Å². The fraction of sp³-hybridized carbons (Fsp3) is 0.450. The van der Waals surface area contributed by atoms with E-state index >= 15 is 4.39 Å². The standard InChI is InChI=1S/C20H25FN7O9P/c1-4-20(21)15(31)11(37-18(20)28-10-23-14-16(28)26-19(22)27-17(14)32)9-36-38(33,24-7-12(29)34-5-2)25-8-13(30)35-6-3/h1,10,18,31H,5-9H2,2-3H3,(H2,24,25,33)(H3,22,26,27,32)/t18-,20?/m1/s1. The molecule has 0 aromatic carbocycles. The number of carbonyl (C=O) groups excluding carboxylic acids is 2. The third-order valence-electron chi connectivity index (χ3n) is 4.97. The molecular formula is C20H25FN7O9P. The Labute approximate surface area is 214 Å². The van der Waals surface area contributed by atoms with Crippen molar-refractivity contribution in [1.29, 1.82) is 0 Å². The van der Waals surface area contributed by atoms with E-state index < -0.39 is 68.3 Å². The van der Waals surface area contributed by atoms with Crippen molar-refractivity contribution >= 4 is 36.7 Å². The number of aromatic amines is 1. The molecule has 0 radical (unpaired) electrons. The maximum atomic E-state index is 15.8. The first-order valence-electron chi connectivity index (χ1n) is 11.0. The predicted molar refractivity (Wildman–Crippen MR) is 128 cm³/mol. The molecule has 0 fully saturated rings. The zero-order valence-electron chi connectivity index (χ0n) is 20.2. The smallest absolute Gasteiger partial charge is 0.342 e. The lowest BCUT2D eigenvalue weighted by atomic mass is 10.0. The summed E-state index contributed by atoms with van der Waals surface area (Å²) in [6.45, 7) is 1.21. The quantitative estimate of drug-likeness (QED) is 0.129. The van der Waals surface area contributed by atoms with E-state index in [1.165, 1.54) is 0 Å². The van der Waals surface area contributed by atoms with Gasteiger partial charge in [-0.2, -0.15) is 4.98 Å². The summed E-state index contributed by atoms with van der Waals surface area (Å²) < 4.78 is 50.3. The number of hydrogen-bond donors (Lipinski definition) is 5. The van der Waals surface area contributed by atoms with Crippen molar-refractivity contribution in [1.82, 2.24) is 29.7 Å². The van der Waals surface area contributed by atoms with Crippen molar-refractivity contribution in [2.45, 2.75) is 25.7 Å². The molecule has 1 aliphatic rings. The molecule has 206 valence electrons. The molecule has 6 N–H and O–H groups in total. The molecule has 0 saturated carbocycles. The number of hydrogen-bond acceptors (Lipinski definition) is 12. The third kappa shape index (κ3) is 5.94. The highest BCUT2D eigenvalue weighted by molar-refractivity contribution is 7.54. The molecule has 2 aromatic heterocycles. The molecule has 0 bridgehead atoms. The van der Waals surface area contributed by atoms with Crippen LogP contribution in [0.1, 0.15) is 20.1 Å². The van der Waals surface area contributed by atoms with Crippen LogP contribution in [0.2, 0.25) is 0 Å². The number of fused-ring (bicyclic) bond motifs is 1. The fourth-order valence-electron chi connectivity index (χ4n) is 3.25. The lowest BCUT2D eigenvalue weighted by Crippen LogP contribution is -2.33. The number of alkyl halides is 1. The molecule has 38 heavy (non-hydrogen) atoms. The number of halogens is 1. The molecule has 1 aliphatic heterocycles. The van der Waals surface area contributed by atoms with Crippen molar-refractivity contribution in [3.8, 4) is 12.3 Å². The van der Waals surface area contributed by atoms with Gasteiger partial charge in [0.2, 0.25) is 12.2 Å². The normalized spacial score (nSPS) is 19.3. The van der Waals surface area contributed by atoms with Crippen LogP contribution >= 0.6 is 7.67 Å². The van der Waals surface area contributed by atoms with Gasteiger partial charge in [-0.15, -0.1) is 6.42 Å². The maximum Gasteiger partial charge on any atom is 0.342 e. The Morgan fingerprint density at radius 2 is 1.95 bits per heavy atom. The molecule has 0 spiro atoms. The number of nitrogens with zero attached hydrogens (tertiary/aromatic N) is 3. The molecule has 3 rings (SSSR count). The molecule has 2 atom stereocenters. The van der Waals surface area contributed by atoms with Crippen molar-refractivity contribution in [3.63, 3.8) is 0 Å². The van der Waals surface area contributed by atoms with Gasteiger partial charge in [-0.05, 0) is 13.8 Å². The zero-order chi connectivity index (χ0) is 28.1. The van der Waals surface area contributed by atoms with Gasteiger partial charge in [-0.1, -0.05) is 5.92 Å². The van der Waals surface area contributed by atoms with Gasteiger partial charge in [0.05, 0.1) is 13.2 Å². The third-order valence-corrected chi connectivity index (χ3v) is 6.61. The highest BCUT2D eigenvalue weighted by atomic mass is 31.2. The Morgan fingerprint density at radius 1 is 1.34 bits per heavy atom. The van der Waals surface area contributed by atoms with Gasteiger partial charge in [-0.3, -0.25) is 33.0 Å². The number of aromatic nitrogens is 4. The number of carbonyl (C=O) groups is 2. The van der Waals surface area contributed by atoms with Crippen LogP contribution in [0.5, 0.6) is 0 Å². The molecule has 2 aromatic rings. The van der Waals surface area contributed by atoms with Crippen LogP contribution in [-0.4, -0.2) is 75.1 Å². The van der Waals surface area contributed by atoms with Crippen LogP contribution in [0.25, 0.3) is 11.2 Å². The Bertz CT molecular complexity index is 1380. The number of anilines is 1. The van der Waals surface area contributed by atoms with E-state index in [1.54, 1.807) is 19.8 Å². The summed E-state index contributed by atoms with van der Waals surface area (Å²) in [6, 6.07) is 0. The summed E-state index contributed by atoms with van der Waals surface area (Å²) in [7, 11) is -4.23. The second-order valence-corrected chi connectivity index (χ2v) is 9.47. The highest BCUT2D eigenvalue weighted by Crippen LogP contribution is 2.46. The number of ether oxygens (including phenoxy) is 3. The second-order valence-electron chi connectivity index (χ2n) is 7.48. The van der Waals surface area contributed by atoms with E-state index in [-0.39, 0.29) is 30.3 Å². The molecule has 0 saturated heterocycles. The summed E-state index contributed by atoms with van der Waals surface area (Å²) in [4.78, 5) is 45.5. The van der Waals surface area contributed by atoms with E-state index in [0.29, 0.717) is 0 Å². The minimum absolute atomic E-state index is 0.0535. The first kappa shape index (κ1) is 28.6. The summed E-state index contributed by atoms with van der Waals surface area (Å²) in [5.41, 5.74) is 1.46. The maximum absolute atomic E-state index is 15.8. The Balaban J connectivity index is 1.84. The van der Waals surface area contributed by atoms with Crippen LogP contribution in [0.15, 0.2) is 22.6 Å².